The molecule has 1 aliphatic rings. The molecule has 2 N–H and O–H groups in total. The minimum Gasteiger partial charge on any atom is -0.480 e. The van der Waals surface area contributed by atoms with Crippen molar-refractivity contribution in [3.05, 3.63) is 0 Å². The topological polar surface area (TPSA) is 81.1 Å². The molecule has 1 aliphatic heterocycles. The van der Waals surface area contributed by atoms with E-state index in [0.29, 0.717) is 13.0 Å². The molecule has 0 spiro atoms. The molecule has 0 unspecified atom stereocenters. The van der Waals surface area contributed by atoms with Crippen molar-refractivity contribution in [3.8, 4) is 0 Å². The largest absolute Gasteiger partial charge is 0.480 e. The second kappa shape index (κ2) is 4.97. The molecule has 0 aliphatic carbocycles. The molecular formula is C9H16N2O4. The lowest BCUT2D eigenvalue weighted by molar-refractivity contribution is -0.141. The quantitative estimate of drug-likeness (QED) is 0.671. The van der Waals surface area contributed by atoms with Gasteiger partial charge in [0.15, 0.2) is 0 Å². The van der Waals surface area contributed by atoms with E-state index in [1.54, 1.807) is 7.05 Å². The number of likely N-dealkylation sites (tertiary alicyclic amines) is 1. The molecule has 86 valence electrons. The highest BCUT2D eigenvalue weighted by atomic mass is 16.4. The summed E-state index contributed by atoms with van der Waals surface area (Å²) in [4.78, 5) is 25.2. The molecule has 2 amide bonds. The van der Waals surface area contributed by atoms with Gasteiger partial charge in [0, 0.05) is 20.1 Å². The Kier molecular flexibility index (Phi) is 3.90. The lowest BCUT2D eigenvalue weighted by Crippen LogP contribution is -2.47. The lowest BCUT2D eigenvalue weighted by atomic mass is 10.2. The predicted molar refractivity (Wildman–Crippen MR) is 52.5 cm³/mol. The summed E-state index contributed by atoms with van der Waals surface area (Å²) >= 11 is 0. The number of hydrogen-bond acceptors (Lipinski definition) is 3. The summed E-state index contributed by atoms with van der Waals surface area (Å²) in [5.41, 5.74) is 0. The molecule has 15 heavy (non-hydrogen) atoms. The maximum Gasteiger partial charge on any atom is 0.326 e. The van der Waals surface area contributed by atoms with Gasteiger partial charge in [-0.05, 0) is 12.8 Å². The summed E-state index contributed by atoms with van der Waals surface area (Å²) in [6.45, 7) is 0.584. The Balaban J connectivity index is 2.62. The van der Waals surface area contributed by atoms with Crippen molar-refractivity contribution in [2.24, 2.45) is 0 Å². The third-order valence-electron chi connectivity index (χ3n) is 2.55. The molecule has 1 heterocycles. The van der Waals surface area contributed by atoms with Crippen LogP contribution in [0, 0.1) is 0 Å². The number of nitrogens with zero attached hydrogens (tertiary/aromatic N) is 2. The zero-order valence-corrected chi connectivity index (χ0v) is 8.72. The van der Waals surface area contributed by atoms with Crippen LogP contribution in [-0.4, -0.2) is 64.8 Å². The molecule has 6 nitrogen and oxygen atoms in total. The number of carboxylic acid groups (broad SMARTS) is 1. The van der Waals surface area contributed by atoms with Crippen molar-refractivity contribution in [2.75, 3.05) is 26.7 Å². The highest BCUT2D eigenvalue weighted by Gasteiger charge is 2.35. The number of carbonyl (C=O) groups excluding carboxylic acids is 1. The molecule has 1 atom stereocenters. The van der Waals surface area contributed by atoms with Crippen LogP contribution in [0.5, 0.6) is 0 Å². The van der Waals surface area contributed by atoms with Crippen molar-refractivity contribution >= 4 is 12.0 Å². The molecule has 0 radical (unpaired) electrons. The molecule has 1 fully saturated rings. The van der Waals surface area contributed by atoms with Crippen LogP contribution in [0.15, 0.2) is 0 Å². The fraction of sp³-hybridized carbons (Fsp3) is 0.778. The number of aliphatic hydroxyl groups is 1. The first-order valence-corrected chi connectivity index (χ1v) is 4.93. The van der Waals surface area contributed by atoms with E-state index in [1.165, 1.54) is 9.80 Å². The van der Waals surface area contributed by atoms with Gasteiger partial charge in [0.1, 0.15) is 6.04 Å². The summed E-state index contributed by atoms with van der Waals surface area (Å²) < 4.78 is 0. The highest BCUT2D eigenvalue weighted by Crippen LogP contribution is 2.18. The van der Waals surface area contributed by atoms with Gasteiger partial charge in [0.25, 0.3) is 0 Å². The smallest absolute Gasteiger partial charge is 0.326 e. The van der Waals surface area contributed by atoms with Crippen LogP contribution in [0.25, 0.3) is 0 Å². The van der Waals surface area contributed by atoms with Gasteiger partial charge in [-0.3, -0.25) is 0 Å². The van der Waals surface area contributed by atoms with Crippen LogP contribution in [0.3, 0.4) is 0 Å². The predicted octanol–water partition coefficient (Wildman–Crippen LogP) is -0.421. The van der Waals surface area contributed by atoms with Gasteiger partial charge in [-0.1, -0.05) is 0 Å². The monoisotopic (exact) mass is 216 g/mol. The van der Waals surface area contributed by atoms with Crippen LogP contribution in [0.4, 0.5) is 4.79 Å². The van der Waals surface area contributed by atoms with E-state index in [1.807, 2.05) is 0 Å². The maximum atomic E-state index is 11.7. The van der Waals surface area contributed by atoms with Crippen molar-refractivity contribution < 1.29 is 19.8 Å². The van der Waals surface area contributed by atoms with Gasteiger partial charge in [0.2, 0.25) is 0 Å². The van der Waals surface area contributed by atoms with E-state index in [-0.39, 0.29) is 19.2 Å². The van der Waals surface area contributed by atoms with Crippen molar-refractivity contribution in [1.29, 1.82) is 0 Å². The number of hydrogen-bond donors (Lipinski definition) is 2. The third-order valence-corrected chi connectivity index (χ3v) is 2.55. The number of urea groups is 1. The molecule has 1 rings (SSSR count). The molecule has 1 saturated heterocycles. The van der Waals surface area contributed by atoms with Gasteiger partial charge in [0.05, 0.1) is 6.61 Å². The maximum absolute atomic E-state index is 11.7. The summed E-state index contributed by atoms with van der Waals surface area (Å²) in [7, 11) is 1.55. The molecular weight excluding hydrogens is 200 g/mol. The molecule has 0 aromatic carbocycles. The Hall–Kier alpha value is -1.30. The number of aliphatic hydroxyl groups excluding tert-OH is 1. The fourth-order valence-corrected chi connectivity index (χ4v) is 1.72. The second-order valence-corrected chi connectivity index (χ2v) is 3.62. The molecule has 0 bridgehead atoms. The Morgan fingerprint density at radius 1 is 1.53 bits per heavy atom. The van der Waals surface area contributed by atoms with Crippen molar-refractivity contribution in [2.45, 2.75) is 18.9 Å². The number of amides is 2. The van der Waals surface area contributed by atoms with Crippen molar-refractivity contribution in [1.82, 2.24) is 9.80 Å². The van der Waals surface area contributed by atoms with Gasteiger partial charge in [-0.2, -0.15) is 0 Å². The summed E-state index contributed by atoms with van der Waals surface area (Å²) in [6.07, 6.45) is 1.23. The van der Waals surface area contributed by atoms with Crippen LogP contribution in [0.1, 0.15) is 12.8 Å². The fourth-order valence-electron chi connectivity index (χ4n) is 1.72. The number of carboxylic acids is 1. The summed E-state index contributed by atoms with van der Waals surface area (Å²) in [5.74, 6) is -0.960. The van der Waals surface area contributed by atoms with E-state index in [9.17, 15) is 9.59 Å². The van der Waals surface area contributed by atoms with Gasteiger partial charge in [-0.25, -0.2) is 9.59 Å². The SMILES string of the molecule is CN(CCO)C(=O)N1CCC[C@@H]1C(=O)O. The van der Waals surface area contributed by atoms with Crippen molar-refractivity contribution in [3.63, 3.8) is 0 Å². The molecule has 0 saturated carbocycles. The Bertz CT molecular complexity index is 256. The van der Waals surface area contributed by atoms with Crippen LogP contribution in [-0.2, 0) is 4.79 Å². The number of likely N-dealkylation sites (N-methyl/N-ethyl adjacent to an activating group) is 1. The number of rotatable bonds is 3. The number of carbonyl (C=O) groups is 2. The lowest BCUT2D eigenvalue weighted by Gasteiger charge is -2.27. The van der Waals surface area contributed by atoms with E-state index >= 15 is 0 Å². The summed E-state index contributed by atoms with van der Waals surface area (Å²) in [6, 6.07) is -1.03. The molecule has 0 aromatic heterocycles. The van der Waals surface area contributed by atoms with Gasteiger partial charge in [-0.15, -0.1) is 0 Å². The third kappa shape index (κ3) is 2.59. The first kappa shape index (κ1) is 11.8. The minimum absolute atomic E-state index is 0.117. The Labute approximate surface area is 88.1 Å². The molecule has 0 aromatic rings. The average Bonchev–Trinajstić information content (AvgIpc) is 2.65. The summed E-state index contributed by atoms with van der Waals surface area (Å²) in [5, 5.41) is 17.6. The normalized spacial score (nSPS) is 20.4. The van der Waals surface area contributed by atoms with E-state index in [0.717, 1.165) is 6.42 Å². The van der Waals surface area contributed by atoms with Crippen LogP contribution >= 0.6 is 0 Å². The first-order chi connectivity index (χ1) is 7.07. The minimum atomic E-state index is -0.960. The zero-order chi connectivity index (χ0) is 11.4. The Morgan fingerprint density at radius 2 is 2.20 bits per heavy atom. The van der Waals surface area contributed by atoms with Crippen LogP contribution < -0.4 is 0 Å². The van der Waals surface area contributed by atoms with E-state index in [2.05, 4.69) is 0 Å². The Morgan fingerprint density at radius 3 is 2.73 bits per heavy atom. The van der Waals surface area contributed by atoms with E-state index in [4.69, 9.17) is 10.2 Å². The first-order valence-electron chi connectivity index (χ1n) is 4.93. The standard InChI is InChI=1S/C9H16N2O4/c1-10(5-6-12)9(15)11-4-2-3-7(11)8(13)14/h7,12H,2-6H2,1H3,(H,13,14)/t7-/m1/s1. The van der Waals surface area contributed by atoms with Gasteiger partial charge < -0.3 is 20.0 Å². The van der Waals surface area contributed by atoms with E-state index < -0.39 is 12.0 Å². The van der Waals surface area contributed by atoms with Gasteiger partial charge >= 0.3 is 12.0 Å². The number of aliphatic carboxylic acids is 1. The zero-order valence-electron chi connectivity index (χ0n) is 8.72. The second-order valence-electron chi connectivity index (χ2n) is 3.62. The van der Waals surface area contributed by atoms with Crippen LogP contribution in [0.2, 0.25) is 0 Å². The average molecular weight is 216 g/mol. The highest BCUT2D eigenvalue weighted by molar-refractivity contribution is 5.83. The molecule has 6 heteroatoms.